The first-order chi connectivity index (χ1) is 21.5. The maximum absolute atomic E-state index is 7.83. The summed E-state index contributed by atoms with van der Waals surface area (Å²) >= 11 is 15.1. The van der Waals surface area contributed by atoms with Crippen LogP contribution in [-0.4, -0.2) is 6.16 Å². The average molecular weight is 651 g/mol. The molecule has 0 spiro atoms. The van der Waals surface area contributed by atoms with Crippen LogP contribution in [0.3, 0.4) is 0 Å². The van der Waals surface area contributed by atoms with E-state index in [0.29, 0.717) is 0 Å². The zero-order valence-electron chi connectivity index (χ0n) is 24.8. The summed E-state index contributed by atoms with van der Waals surface area (Å²) in [6.45, 7) is 0.000395. The van der Waals surface area contributed by atoms with Crippen molar-refractivity contribution in [2.75, 3.05) is 6.16 Å². The second-order valence-electron chi connectivity index (χ2n) is 10.5. The van der Waals surface area contributed by atoms with Crippen molar-refractivity contribution >= 4 is 66.9 Å². The summed E-state index contributed by atoms with van der Waals surface area (Å²) in [4.78, 5) is 0. The minimum atomic E-state index is -3.07. The Morgan fingerprint density at radius 3 is 0.955 bits per heavy atom. The molecule has 4 heteroatoms. The topological polar surface area (TPSA) is 0 Å². The van der Waals surface area contributed by atoms with Crippen LogP contribution < -0.4 is 31.8 Å². The van der Waals surface area contributed by atoms with E-state index in [-0.39, 0.29) is 0 Å². The number of hydrogen-bond donors (Lipinski definition) is 0. The largest absolute Gasteiger partial charge is 0.210 e. The Morgan fingerprint density at radius 2 is 0.705 bits per heavy atom. The molecule has 0 nitrogen and oxygen atoms in total. The van der Waals surface area contributed by atoms with E-state index in [1.807, 2.05) is 36.4 Å². The summed E-state index contributed by atoms with van der Waals surface area (Å²) in [5.41, 5.74) is 0. The Kier molecular flexibility index (Phi) is 10.5. The van der Waals surface area contributed by atoms with E-state index < -0.39 is 12.6 Å². The Labute approximate surface area is 272 Å². The molecule has 0 atom stereocenters. The van der Waals surface area contributed by atoms with Crippen LogP contribution >= 0.6 is 35.1 Å². The van der Waals surface area contributed by atoms with Crippen molar-refractivity contribution in [3.05, 3.63) is 194 Å². The van der Waals surface area contributed by atoms with Gasteiger partial charge in [0.25, 0.3) is 0 Å². The molecule has 0 unspecified atom stereocenters. The fourth-order valence-corrected chi connectivity index (χ4v) is 15.1. The van der Waals surface area contributed by atoms with Crippen molar-refractivity contribution in [1.82, 2.24) is 0 Å². The fraction of sp³-hybridized carbons (Fsp3) is 0.0500. The normalized spacial score (nSPS) is 12.5. The van der Waals surface area contributed by atoms with Gasteiger partial charge < -0.3 is 0 Å². The maximum Gasteiger partial charge on any atom is 0.210 e. The first kappa shape index (κ1) is 31.9. The van der Waals surface area contributed by atoms with Gasteiger partial charge in [0, 0.05) is 0 Å². The van der Waals surface area contributed by atoms with Crippen molar-refractivity contribution in [2.24, 2.45) is 0 Å². The number of halogens is 2. The number of rotatable bonds is 8. The van der Waals surface area contributed by atoms with E-state index in [1.165, 1.54) is 31.8 Å². The van der Waals surface area contributed by atoms with Crippen LogP contribution in [0.1, 0.15) is 6.92 Å². The van der Waals surface area contributed by atoms with Gasteiger partial charge in [0.05, 0.1) is 0 Å². The molecule has 0 bridgehead atoms. The van der Waals surface area contributed by atoms with Crippen molar-refractivity contribution in [3.8, 4) is 0 Å². The molecule has 0 saturated heterocycles. The second-order valence-corrected chi connectivity index (χ2v) is 21.3. The summed E-state index contributed by atoms with van der Waals surface area (Å²) < 4.78 is 0. The predicted octanol–water partition coefficient (Wildman–Crippen LogP) is 9.38. The van der Waals surface area contributed by atoms with E-state index in [0.717, 1.165) is 6.16 Å². The van der Waals surface area contributed by atoms with E-state index in [1.54, 1.807) is 0 Å². The third kappa shape index (κ3) is 6.33. The third-order valence-electron chi connectivity index (χ3n) is 7.90. The van der Waals surface area contributed by atoms with Crippen molar-refractivity contribution < 1.29 is 0 Å². The summed E-state index contributed by atoms with van der Waals surface area (Å²) in [5, 5.41) is 7.21. The zero-order valence-corrected chi connectivity index (χ0v) is 28.1. The van der Waals surface area contributed by atoms with Gasteiger partial charge in [-0.3, -0.25) is 0 Å². The number of benzene rings is 6. The molecule has 0 aliphatic rings. The molecule has 0 radical (unpaired) electrons. The van der Waals surface area contributed by atoms with Crippen LogP contribution in [0, 0.1) is 0 Å². The standard InChI is InChI=1S/C22H22ClP.C18H15ClP/c1-2-3-19-24(23,20-13-7-4-8-14-20,21-15-9-5-10-16-21)22-17-11-6-12-18-22;19-20(16-10-4-1-5-11-16,17-12-6-2-7-13-17)18-14-8-3-9-15-18/h2-18H,19H2,1H3;1-15H/q;+1/b3-2+;. The average Bonchev–Trinajstić information content (AvgIpc) is 3.13. The summed E-state index contributed by atoms with van der Waals surface area (Å²) in [5.74, 6) is -3.07. The van der Waals surface area contributed by atoms with Gasteiger partial charge in [-0.15, -0.1) is 0 Å². The van der Waals surface area contributed by atoms with E-state index in [4.69, 9.17) is 22.5 Å². The van der Waals surface area contributed by atoms with Gasteiger partial charge in [-0.05, 0) is 36.4 Å². The van der Waals surface area contributed by atoms with Gasteiger partial charge in [-0.25, -0.2) is 0 Å². The minimum absolute atomic E-state index is 0.807. The molecule has 6 aromatic carbocycles. The van der Waals surface area contributed by atoms with Gasteiger partial charge >= 0.3 is 149 Å². The second kappa shape index (κ2) is 14.5. The Balaban J connectivity index is 0.000000177. The Hall–Kier alpha value is -3.50. The molecule has 0 aliphatic carbocycles. The third-order valence-corrected chi connectivity index (χ3v) is 19.9. The molecule has 6 aromatic rings. The van der Waals surface area contributed by atoms with Crippen molar-refractivity contribution in [2.45, 2.75) is 6.92 Å². The maximum atomic E-state index is 7.83. The first-order valence-electron chi connectivity index (χ1n) is 14.8. The Bertz CT molecular complexity index is 1550. The summed E-state index contributed by atoms with van der Waals surface area (Å²) in [7, 11) is 0. The van der Waals surface area contributed by atoms with Gasteiger partial charge in [0.1, 0.15) is 27.2 Å². The van der Waals surface area contributed by atoms with Gasteiger partial charge in [-0.1, -0.05) is 54.6 Å². The van der Waals surface area contributed by atoms with Gasteiger partial charge in [0.2, 0.25) is 6.62 Å². The van der Waals surface area contributed by atoms with E-state index >= 15 is 0 Å². The molecular formula is C40H37Cl2P2+. The first-order valence-corrected chi connectivity index (χ1v) is 20.8. The molecule has 220 valence electrons. The zero-order chi connectivity index (χ0) is 30.7. The van der Waals surface area contributed by atoms with Crippen molar-refractivity contribution in [3.63, 3.8) is 0 Å². The van der Waals surface area contributed by atoms with Gasteiger partial charge in [0.15, 0.2) is 0 Å². The number of hydrogen-bond acceptors (Lipinski definition) is 0. The van der Waals surface area contributed by atoms with Crippen molar-refractivity contribution in [1.29, 1.82) is 0 Å². The van der Waals surface area contributed by atoms with Crippen LogP contribution in [0.4, 0.5) is 0 Å². The predicted molar refractivity (Wildman–Crippen MR) is 202 cm³/mol. The fourth-order valence-electron chi connectivity index (χ4n) is 5.63. The van der Waals surface area contributed by atoms with Crippen LogP contribution in [0.15, 0.2) is 194 Å². The molecule has 6 rings (SSSR count). The quantitative estimate of drug-likeness (QED) is 0.114. The van der Waals surface area contributed by atoms with Crippen LogP contribution in [0.2, 0.25) is 0 Å². The van der Waals surface area contributed by atoms with Gasteiger partial charge in [-0.2, -0.15) is 0 Å². The molecule has 44 heavy (non-hydrogen) atoms. The smallest absolute Gasteiger partial charge is 0.0620 e. The molecule has 0 N–H and O–H groups in total. The van der Waals surface area contributed by atoms with Crippen LogP contribution in [0.25, 0.3) is 0 Å². The molecular weight excluding hydrogens is 613 g/mol. The summed E-state index contributed by atoms with van der Waals surface area (Å²) in [6, 6.07) is 62.9. The molecule has 0 aliphatic heterocycles. The molecule has 0 amide bonds. The summed E-state index contributed by atoms with van der Waals surface area (Å²) in [6.07, 6.45) is 5.11. The molecule has 0 fully saturated rings. The van der Waals surface area contributed by atoms with E-state index in [9.17, 15) is 0 Å². The minimum Gasteiger partial charge on any atom is -0.0620 e. The van der Waals surface area contributed by atoms with Crippen LogP contribution in [0.5, 0.6) is 0 Å². The Morgan fingerprint density at radius 1 is 0.455 bits per heavy atom. The molecule has 0 saturated carbocycles. The molecule has 0 heterocycles. The SMILES string of the molecule is C/C=C/CP(Cl)(c1ccccc1)(c1ccccc1)c1ccccc1.Cl[P+](c1ccccc1)(c1ccccc1)c1ccccc1. The van der Waals surface area contributed by atoms with E-state index in [2.05, 4.69) is 165 Å². The number of allylic oxidation sites excluding steroid dienone is 2. The van der Waals surface area contributed by atoms with Crippen LogP contribution in [-0.2, 0) is 0 Å². The molecule has 0 aromatic heterocycles. The monoisotopic (exact) mass is 649 g/mol.